The van der Waals surface area contributed by atoms with Gasteiger partial charge in [0.1, 0.15) is 6.04 Å². The van der Waals surface area contributed by atoms with E-state index in [-0.39, 0.29) is 0 Å². The van der Waals surface area contributed by atoms with Crippen LogP contribution in [0.2, 0.25) is 0 Å². The van der Waals surface area contributed by atoms with Gasteiger partial charge in [0, 0.05) is 15.8 Å². The first kappa shape index (κ1) is 13.3. The largest absolute Gasteiger partial charge is 0.480 e. The summed E-state index contributed by atoms with van der Waals surface area (Å²) >= 11 is 1.88. The number of hydrogen-bond donors (Lipinski definition) is 2. The Balaban J connectivity index is 2.06. The van der Waals surface area contributed by atoms with Gasteiger partial charge in [-0.3, -0.25) is 4.79 Å². The lowest BCUT2D eigenvalue weighted by Crippen LogP contribution is -2.25. The van der Waals surface area contributed by atoms with Crippen LogP contribution in [0.3, 0.4) is 0 Å². The number of carboxylic acid groups (broad SMARTS) is 1. The van der Waals surface area contributed by atoms with E-state index in [0.29, 0.717) is 5.25 Å². The minimum absolute atomic E-state index is 0.560. The lowest BCUT2D eigenvalue weighted by Gasteiger charge is -2.16. The molecule has 98 valence electrons. The number of carboxylic acids is 1. The molecule has 1 aromatic carbocycles. The monoisotopic (exact) mass is 265 g/mol. The third-order valence-corrected chi connectivity index (χ3v) is 4.64. The highest BCUT2D eigenvalue weighted by atomic mass is 32.2. The molecule has 1 fully saturated rings. The molecule has 1 aromatic rings. The van der Waals surface area contributed by atoms with E-state index in [0.717, 1.165) is 10.6 Å². The second kappa shape index (κ2) is 6.14. The van der Waals surface area contributed by atoms with E-state index in [1.165, 1.54) is 25.7 Å². The first-order chi connectivity index (χ1) is 8.66. The van der Waals surface area contributed by atoms with Gasteiger partial charge < -0.3 is 10.4 Å². The second-order valence-corrected chi connectivity index (χ2v) is 6.07. The van der Waals surface area contributed by atoms with E-state index in [9.17, 15) is 4.79 Å². The first-order valence-corrected chi connectivity index (χ1v) is 7.30. The van der Waals surface area contributed by atoms with Gasteiger partial charge in [0.05, 0.1) is 0 Å². The zero-order valence-electron chi connectivity index (χ0n) is 10.6. The Labute approximate surface area is 112 Å². The molecule has 3 nitrogen and oxygen atoms in total. The summed E-state index contributed by atoms with van der Waals surface area (Å²) in [7, 11) is 0. The van der Waals surface area contributed by atoms with Crippen molar-refractivity contribution in [1.82, 2.24) is 0 Å². The highest BCUT2D eigenvalue weighted by Gasteiger charge is 2.18. The quantitative estimate of drug-likeness (QED) is 0.854. The Morgan fingerprint density at radius 3 is 2.72 bits per heavy atom. The van der Waals surface area contributed by atoms with Crippen molar-refractivity contribution in [3.05, 3.63) is 24.3 Å². The summed E-state index contributed by atoms with van der Waals surface area (Å²) in [6.07, 6.45) is 5.18. The van der Waals surface area contributed by atoms with Gasteiger partial charge in [-0.25, -0.2) is 0 Å². The molecule has 0 saturated heterocycles. The molecule has 0 radical (unpaired) electrons. The van der Waals surface area contributed by atoms with E-state index in [1.54, 1.807) is 6.92 Å². The number of rotatable bonds is 5. The number of hydrogen-bond acceptors (Lipinski definition) is 3. The summed E-state index contributed by atoms with van der Waals surface area (Å²) in [5.41, 5.74) is 0.935. The molecule has 0 amide bonds. The molecule has 0 aliphatic heterocycles. The fourth-order valence-electron chi connectivity index (χ4n) is 2.17. The van der Waals surface area contributed by atoms with Crippen LogP contribution in [0.25, 0.3) is 0 Å². The van der Waals surface area contributed by atoms with E-state index < -0.39 is 12.0 Å². The fraction of sp³-hybridized carbons (Fsp3) is 0.500. The van der Waals surface area contributed by atoms with Crippen LogP contribution < -0.4 is 5.32 Å². The lowest BCUT2D eigenvalue weighted by atomic mass is 10.2. The number of thioether (sulfide) groups is 1. The molecule has 0 aromatic heterocycles. The summed E-state index contributed by atoms with van der Waals surface area (Å²) in [4.78, 5) is 12.1. The van der Waals surface area contributed by atoms with E-state index in [4.69, 9.17) is 5.11 Å². The minimum atomic E-state index is -0.823. The van der Waals surface area contributed by atoms with Crippen molar-refractivity contribution in [3.8, 4) is 0 Å². The van der Waals surface area contributed by atoms with Gasteiger partial charge >= 0.3 is 5.97 Å². The Morgan fingerprint density at radius 2 is 2.06 bits per heavy atom. The minimum Gasteiger partial charge on any atom is -0.480 e. The van der Waals surface area contributed by atoms with Crippen LogP contribution in [0.15, 0.2) is 29.2 Å². The van der Waals surface area contributed by atoms with Crippen LogP contribution in [0.1, 0.15) is 32.6 Å². The van der Waals surface area contributed by atoms with Crippen molar-refractivity contribution in [2.24, 2.45) is 0 Å². The lowest BCUT2D eigenvalue weighted by molar-refractivity contribution is -0.137. The number of carbonyl (C=O) groups is 1. The van der Waals surface area contributed by atoms with Gasteiger partial charge in [-0.1, -0.05) is 25.0 Å². The van der Waals surface area contributed by atoms with E-state index in [2.05, 4.69) is 11.4 Å². The molecule has 2 N–H and O–H groups in total. The van der Waals surface area contributed by atoms with Gasteiger partial charge in [0.25, 0.3) is 0 Å². The average molecular weight is 265 g/mol. The molecule has 1 aliphatic carbocycles. The van der Waals surface area contributed by atoms with Gasteiger partial charge in [-0.2, -0.15) is 0 Å². The van der Waals surface area contributed by atoms with Crippen molar-refractivity contribution in [1.29, 1.82) is 0 Å². The third-order valence-electron chi connectivity index (χ3n) is 3.23. The Kier molecular flexibility index (Phi) is 4.53. The van der Waals surface area contributed by atoms with Gasteiger partial charge in [-0.05, 0) is 31.9 Å². The summed E-state index contributed by atoms with van der Waals surface area (Å²) in [6, 6.07) is 7.41. The zero-order valence-corrected chi connectivity index (χ0v) is 11.4. The molecule has 0 heterocycles. The summed E-state index contributed by atoms with van der Waals surface area (Å²) in [5.74, 6) is -0.823. The molecule has 1 unspecified atom stereocenters. The van der Waals surface area contributed by atoms with Crippen molar-refractivity contribution >= 4 is 23.4 Å². The van der Waals surface area contributed by atoms with Crippen LogP contribution in [0.4, 0.5) is 5.69 Å². The van der Waals surface area contributed by atoms with Crippen LogP contribution in [0, 0.1) is 0 Å². The molecule has 1 aliphatic rings. The van der Waals surface area contributed by atoms with E-state index in [1.807, 2.05) is 30.0 Å². The summed E-state index contributed by atoms with van der Waals surface area (Å²) in [5, 5.41) is 12.7. The molecule has 0 bridgehead atoms. The maximum absolute atomic E-state index is 10.9. The predicted octanol–water partition coefficient (Wildman–Crippen LogP) is 3.61. The van der Waals surface area contributed by atoms with Crippen molar-refractivity contribution in [2.75, 3.05) is 5.32 Å². The van der Waals surface area contributed by atoms with Crippen molar-refractivity contribution in [2.45, 2.75) is 48.8 Å². The van der Waals surface area contributed by atoms with Crippen molar-refractivity contribution < 1.29 is 9.90 Å². The maximum Gasteiger partial charge on any atom is 0.325 e. The smallest absolute Gasteiger partial charge is 0.325 e. The van der Waals surface area contributed by atoms with Gasteiger partial charge in [0.15, 0.2) is 0 Å². The molecule has 4 heteroatoms. The summed E-state index contributed by atoms with van der Waals surface area (Å²) < 4.78 is 0. The van der Waals surface area contributed by atoms with Gasteiger partial charge in [0.2, 0.25) is 0 Å². The molecule has 0 spiro atoms. The van der Waals surface area contributed by atoms with Crippen LogP contribution in [-0.4, -0.2) is 22.4 Å². The molecule has 2 rings (SSSR count). The average Bonchev–Trinajstić information content (AvgIpc) is 2.84. The standard InChI is InChI=1S/C14H19NO2S/c1-10(14(16)17)15-12-8-4-5-9-13(12)18-11-6-2-3-7-11/h4-5,8-11,15H,2-3,6-7H2,1H3,(H,16,17). The molecule has 1 saturated carbocycles. The van der Waals surface area contributed by atoms with Crippen molar-refractivity contribution in [3.63, 3.8) is 0 Å². The van der Waals surface area contributed by atoms with Crippen LogP contribution >= 0.6 is 11.8 Å². The molecular weight excluding hydrogens is 246 g/mol. The second-order valence-electron chi connectivity index (χ2n) is 4.72. The Morgan fingerprint density at radius 1 is 1.39 bits per heavy atom. The number of anilines is 1. The third kappa shape index (κ3) is 3.42. The number of benzene rings is 1. The molecule has 18 heavy (non-hydrogen) atoms. The number of nitrogens with one attached hydrogen (secondary N) is 1. The molecule has 1 atom stereocenters. The van der Waals surface area contributed by atoms with Crippen LogP contribution in [0.5, 0.6) is 0 Å². The highest BCUT2D eigenvalue weighted by Crippen LogP contribution is 2.38. The topological polar surface area (TPSA) is 49.3 Å². The Hall–Kier alpha value is -1.16. The van der Waals surface area contributed by atoms with Crippen LogP contribution in [-0.2, 0) is 4.79 Å². The summed E-state index contributed by atoms with van der Waals surface area (Å²) in [6.45, 7) is 1.67. The normalized spacial score (nSPS) is 17.6. The molecular formula is C14H19NO2S. The maximum atomic E-state index is 10.9. The fourth-order valence-corrected chi connectivity index (χ4v) is 3.51. The predicted molar refractivity (Wildman–Crippen MR) is 75.3 cm³/mol. The van der Waals surface area contributed by atoms with E-state index >= 15 is 0 Å². The SMILES string of the molecule is CC(Nc1ccccc1SC1CCCC1)C(=O)O. The first-order valence-electron chi connectivity index (χ1n) is 6.42. The van der Waals surface area contributed by atoms with Gasteiger partial charge in [-0.15, -0.1) is 11.8 Å². The number of para-hydroxylation sites is 1. The highest BCUT2D eigenvalue weighted by molar-refractivity contribution is 8.00. The Bertz CT molecular complexity index is 416. The number of aliphatic carboxylic acids is 1. The zero-order chi connectivity index (χ0) is 13.0.